The van der Waals surface area contributed by atoms with Gasteiger partial charge in [-0.15, -0.1) is 0 Å². The molecule has 2 rings (SSSR count). The van der Waals surface area contributed by atoms with E-state index in [1.54, 1.807) is 12.1 Å². The fraction of sp³-hybridized carbons (Fsp3) is 0.455. The van der Waals surface area contributed by atoms with Gasteiger partial charge in [0.05, 0.1) is 11.9 Å². The predicted octanol–water partition coefficient (Wildman–Crippen LogP) is 1.24. The summed E-state index contributed by atoms with van der Waals surface area (Å²) in [6.45, 7) is 0.711. The number of carbonyl (C=O) groups is 1. The first-order valence-corrected chi connectivity index (χ1v) is 7.65. The van der Waals surface area contributed by atoms with Gasteiger partial charge >= 0.3 is 0 Å². The standard InChI is InChI=1S/C11H15N3OS2/c12-8-1-2-10(13-5-8)11(15)14-6-9-7-16-3-4-17-9/h1-2,5,9H,3-4,6-7,12H2,(H,14,15). The van der Waals surface area contributed by atoms with Gasteiger partial charge in [0.2, 0.25) is 0 Å². The number of nitrogen functional groups attached to an aromatic ring is 1. The topological polar surface area (TPSA) is 68.0 Å². The Labute approximate surface area is 109 Å². The van der Waals surface area contributed by atoms with Gasteiger partial charge in [0.15, 0.2) is 0 Å². The maximum Gasteiger partial charge on any atom is 0.269 e. The third kappa shape index (κ3) is 3.81. The molecule has 6 heteroatoms. The van der Waals surface area contributed by atoms with E-state index in [-0.39, 0.29) is 5.91 Å². The molecule has 17 heavy (non-hydrogen) atoms. The Kier molecular flexibility index (Phi) is 4.56. The zero-order chi connectivity index (χ0) is 12.1. The van der Waals surface area contributed by atoms with Crippen molar-refractivity contribution in [2.75, 3.05) is 29.5 Å². The summed E-state index contributed by atoms with van der Waals surface area (Å²) in [5.41, 5.74) is 6.51. The van der Waals surface area contributed by atoms with Crippen LogP contribution in [0.5, 0.6) is 0 Å². The quantitative estimate of drug-likeness (QED) is 0.864. The maximum atomic E-state index is 11.8. The number of hydrogen-bond donors (Lipinski definition) is 2. The summed E-state index contributed by atoms with van der Waals surface area (Å²) in [4.78, 5) is 15.8. The average Bonchev–Trinajstić information content (AvgIpc) is 2.38. The lowest BCUT2D eigenvalue weighted by Crippen LogP contribution is -2.33. The average molecular weight is 269 g/mol. The number of nitrogens with one attached hydrogen (secondary N) is 1. The molecule has 1 atom stereocenters. The molecule has 0 saturated carbocycles. The molecule has 1 amide bonds. The molecular weight excluding hydrogens is 254 g/mol. The number of hydrogen-bond acceptors (Lipinski definition) is 5. The Hall–Kier alpha value is -0.880. The number of amides is 1. The molecule has 1 fully saturated rings. The molecule has 2 heterocycles. The summed E-state index contributed by atoms with van der Waals surface area (Å²) < 4.78 is 0. The van der Waals surface area contributed by atoms with Gasteiger partial charge in [-0.3, -0.25) is 4.79 Å². The highest BCUT2D eigenvalue weighted by molar-refractivity contribution is 8.06. The van der Waals surface area contributed by atoms with E-state index in [4.69, 9.17) is 5.73 Å². The minimum Gasteiger partial charge on any atom is -0.397 e. The van der Waals surface area contributed by atoms with Crippen LogP contribution in [-0.2, 0) is 0 Å². The minimum atomic E-state index is -0.124. The van der Waals surface area contributed by atoms with Gasteiger partial charge in [-0.1, -0.05) is 0 Å². The van der Waals surface area contributed by atoms with Gasteiger partial charge in [0, 0.05) is 29.1 Å². The molecule has 0 aromatic carbocycles. The molecule has 1 aliphatic rings. The molecule has 0 bridgehead atoms. The van der Waals surface area contributed by atoms with Crippen LogP contribution in [0.4, 0.5) is 5.69 Å². The van der Waals surface area contributed by atoms with Crippen molar-refractivity contribution in [1.29, 1.82) is 0 Å². The molecule has 1 aromatic rings. The first-order valence-electron chi connectivity index (χ1n) is 5.45. The molecule has 1 aromatic heterocycles. The number of carbonyl (C=O) groups excluding carboxylic acids is 1. The molecule has 3 N–H and O–H groups in total. The number of anilines is 1. The third-order valence-electron chi connectivity index (χ3n) is 2.39. The van der Waals surface area contributed by atoms with Gasteiger partial charge in [-0.05, 0) is 12.1 Å². The lowest BCUT2D eigenvalue weighted by atomic mass is 10.3. The van der Waals surface area contributed by atoms with Crippen LogP contribution in [0.3, 0.4) is 0 Å². The minimum absolute atomic E-state index is 0.124. The van der Waals surface area contributed by atoms with E-state index < -0.39 is 0 Å². The van der Waals surface area contributed by atoms with Gasteiger partial charge in [-0.25, -0.2) is 4.98 Å². The SMILES string of the molecule is Nc1ccc(C(=O)NCC2CSCCS2)nc1. The van der Waals surface area contributed by atoms with Crippen LogP contribution in [0, 0.1) is 0 Å². The van der Waals surface area contributed by atoms with E-state index in [9.17, 15) is 4.79 Å². The molecule has 92 valence electrons. The summed E-state index contributed by atoms with van der Waals surface area (Å²) in [5.74, 6) is 3.38. The van der Waals surface area contributed by atoms with Crippen molar-refractivity contribution < 1.29 is 4.79 Å². The van der Waals surface area contributed by atoms with Crippen molar-refractivity contribution in [2.24, 2.45) is 0 Å². The van der Waals surface area contributed by atoms with Crippen molar-refractivity contribution in [1.82, 2.24) is 10.3 Å². The van der Waals surface area contributed by atoms with Gasteiger partial charge < -0.3 is 11.1 Å². The second-order valence-corrected chi connectivity index (χ2v) is 6.31. The monoisotopic (exact) mass is 269 g/mol. The zero-order valence-corrected chi connectivity index (χ0v) is 11.0. The van der Waals surface area contributed by atoms with E-state index in [1.807, 2.05) is 23.5 Å². The molecule has 0 radical (unpaired) electrons. The fourth-order valence-corrected chi connectivity index (χ4v) is 4.10. The second kappa shape index (κ2) is 6.16. The van der Waals surface area contributed by atoms with E-state index in [0.717, 1.165) is 5.75 Å². The first-order chi connectivity index (χ1) is 8.25. The van der Waals surface area contributed by atoms with E-state index >= 15 is 0 Å². The molecule has 4 nitrogen and oxygen atoms in total. The molecular formula is C11H15N3OS2. The Morgan fingerprint density at radius 3 is 3.06 bits per heavy atom. The van der Waals surface area contributed by atoms with Crippen LogP contribution in [-0.4, -0.2) is 39.9 Å². The van der Waals surface area contributed by atoms with Crippen molar-refractivity contribution in [3.8, 4) is 0 Å². The summed E-state index contributed by atoms with van der Waals surface area (Å²) in [6.07, 6.45) is 1.50. The molecule has 0 aliphatic carbocycles. The Morgan fingerprint density at radius 2 is 2.41 bits per heavy atom. The van der Waals surface area contributed by atoms with E-state index in [0.29, 0.717) is 23.2 Å². The summed E-state index contributed by atoms with van der Waals surface area (Å²) in [6, 6.07) is 3.33. The molecule has 1 unspecified atom stereocenters. The second-order valence-electron chi connectivity index (χ2n) is 3.75. The highest BCUT2D eigenvalue weighted by Gasteiger charge is 2.15. The first kappa shape index (κ1) is 12.6. The normalized spacial score (nSPS) is 19.9. The number of nitrogens with two attached hydrogens (primary N) is 1. The van der Waals surface area contributed by atoms with E-state index in [2.05, 4.69) is 10.3 Å². The van der Waals surface area contributed by atoms with Crippen LogP contribution in [0.2, 0.25) is 0 Å². The Morgan fingerprint density at radius 1 is 1.53 bits per heavy atom. The van der Waals surface area contributed by atoms with Crippen molar-refractivity contribution in [3.05, 3.63) is 24.0 Å². The Bertz CT molecular complexity index is 377. The number of nitrogens with zero attached hydrogens (tertiary/aromatic N) is 1. The Balaban J connectivity index is 1.82. The third-order valence-corrected chi connectivity index (χ3v) is 5.24. The number of aromatic nitrogens is 1. The van der Waals surface area contributed by atoms with E-state index in [1.165, 1.54) is 17.7 Å². The van der Waals surface area contributed by atoms with Gasteiger partial charge in [0.1, 0.15) is 5.69 Å². The van der Waals surface area contributed by atoms with Crippen LogP contribution < -0.4 is 11.1 Å². The van der Waals surface area contributed by atoms with Crippen LogP contribution in [0.15, 0.2) is 18.3 Å². The summed E-state index contributed by atoms with van der Waals surface area (Å²) >= 11 is 3.88. The molecule has 0 spiro atoms. The number of thioether (sulfide) groups is 2. The lowest BCUT2D eigenvalue weighted by molar-refractivity contribution is 0.0949. The highest BCUT2D eigenvalue weighted by atomic mass is 32.2. The smallest absolute Gasteiger partial charge is 0.269 e. The maximum absolute atomic E-state index is 11.8. The lowest BCUT2D eigenvalue weighted by Gasteiger charge is -2.20. The predicted molar refractivity (Wildman–Crippen MR) is 74.6 cm³/mol. The molecule has 1 aliphatic heterocycles. The van der Waals surface area contributed by atoms with Crippen molar-refractivity contribution in [2.45, 2.75) is 5.25 Å². The zero-order valence-electron chi connectivity index (χ0n) is 9.39. The van der Waals surface area contributed by atoms with Crippen molar-refractivity contribution in [3.63, 3.8) is 0 Å². The number of pyridine rings is 1. The van der Waals surface area contributed by atoms with Crippen LogP contribution in [0.1, 0.15) is 10.5 Å². The van der Waals surface area contributed by atoms with Crippen LogP contribution in [0.25, 0.3) is 0 Å². The van der Waals surface area contributed by atoms with Gasteiger partial charge in [-0.2, -0.15) is 23.5 Å². The summed E-state index contributed by atoms with van der Waals surface area (Å²) in [7, 11) is 0. The largest absolute Gasteiger partial charge is 0.397 e. The number of rotatable bonds is 3. The van der Waals surface area contributed by atoms with Gasteiger partial charge in [0.25, 0.3) is 5.91 Å². The van der Waals surface area contributed by atoms with Crippen molar-refractivity contribution >= 4 is 35.1 Å². The fourth-order valence-electron chi connectivity index (χ4n) is 1.49. The molecule has 1 saturated heterocycles. The van der Waals surface area contributed by atoms with Crippen LogP contribution >= 0.6 is 23.5 Å². The summed E-state index contributed by atoms with van der Waals surface area (Å²) in [5, 5.41) is 3.43. The highest BCUT2D eigenvalue weighted by Crippen LogP contribution is 2.23.